The minimum Gasteiger partial charge on any atom is -0.481 e. The number of aliphatic hydroxyl groups excluding tert-OH is 4. The second kappa shape index (κ2) is 62.0. The number of primary amides is 1. The quantitative estimate of drug-likeness (QED) is 0.0251. The molecule has 22 atom stereocenters. The molecule has 0 radical (unpaired) electrons. The van der Waals surface area contributed by atoms with Crippen molar-refractivity contribution < 1.29 is 161 Å². The highest BCUT2D eigenvalue weighted by Crippen LogP contribution is 2.24. The predicted octanol–water partition coefficient (Wildman–Crippen LogP) is -11.6. The number of nitrogens with zero attached hydrogens (tertiary/aromatic N) is 1. The fraction of sp³-hybridized carbons (Fsp3) is 0.711. The van der Waals surface area contributed by atoms with E-state index in [-0.39, 0.29) is 70.5 Å². The Balaban J connectivity index is 3.34. The van der Waals surface area contributed by atoms with Crippen LogP contribution in [0.4, 0.5) is 0 Å². The molecule has 0 aromatic rings. The minimum atomic E-state index is -2.08. The molecule has 0 aromatic heterocycles. The maximum atomic E-state index is 14.8. The second-order valence-corrected chi connectivity index (χ2v) is 34.3. The van der Waals surface area contributed by atoms with Crippen LogP contribution < -0.4 is 113 Å². The van der Waals surface area contributed by atoms with E-state index in [2.05, 4.69) is 90.4 Å². The van der Waals surface area contributed by atoms with E-state index in [1.54, 1.807) is 27.7 Å². The maximum absolute atomic E-state index is 14.8. The summed E-state index contributed by atoms with van der Waals surface area (Å²) in [5.74, 6) is -30.7. The van der Waals surface area contributed by atoms with Crippen molar-refractivity contribution >= 4 is 142 Å². The molecule has 0 saturated carbocycles. The number of likely N-dealkylation sites (tertiary alicyclic amines) is 1. The third-order valence-corrected chi connectivity index (χ3v) is 21.7. The van der Waals surface area contributed by atoms with E-state index in [1.165, 1.54) is 13.8 Å². The number of nitrogens with one attached hydrogen (secondary N) is 17. The summed E-state index contributed by atoms with van der Waals surface area (Å²) in [6.07, 6.45) is -10.2. The zero-order chi connectivity index (χ0) is 106. The number of rotatable bonds is 66. The van der Waals surface area contributed by atoms with Crippen molar-refractivity contribution in [3.63, 3.8) is 0 Å². The zero-order valence-electron chi connectivity index (χ0n) is 79.2. The van der Waals surface area contributed by atoms with Crippen LogP contribution in [-0.2, 0) is 115 Å². The van der Waals surface area contributed by atoms with Crippen LogP contribution in [0.1, 0.15) is 199 Å². The molecule has 1 fully saturated rings. The first-order valence-corrected chi connectivity index (χ1v) is 45.0. The fourth-order valence-electron chi connectivity index (χ4n) is 13.5. The first-order chi connectivity index (χ1) is 64.4. The lowest BCUT2D eigenvalue weighted by Crippen LogP contribution is -2.63. The molecule has 19 amide bonds. The lowest BCUT2D eigenvalue weighted by Gasteiger charge is -2.33. The van der Waals surface area contributed by atoms with Crippen LogP contribution in [0.15, 0.2) is 0 Å². The van der Waals surface area contributed by atoms with Gasteiger partial charge in [-0.2, -0.15) is 0 Å². The van der Waals surface area contributed by atoms with E-state index < -0.39 is 346 Å². The molecule has 1 aliphatic heterocycles. The summed E-state index contributed by atoms with van der Waals surface area (Å²) in [5, 5.41) is 129. The number of nitrogens with two attached hydrogens (primary N) is 4. The standard InChI is InChI=1S/C83H140N22O33/c1-13-38(6)62(82(136)105-30-18-21-54(105)77(131)98-52(33-60(118)119)76(130)103-63(42(10)107)79(133)90-40(8)67(121)93-46(19-14-16-28-84)71(125)96-49(24-27-58(114)115)73(127)97-50(83(137)138)20-15-17-29-85)101-78(132)61(37(4)5)100-75(129)51(31-36(2)3)92-56(111)34-88-70(124)53(35-106)99-68(122)41(9)91-80(134)64(43(11)108)104-81(135)65(44(12)109)102-74(128)47(22-25-55(87)110)95-72(126)48(23-26-57(112)113)94-66(120)39(7)89-69(123)45(86)32-59(116)117/h36-54,61-65,106-109H,13-35,84-86H2,1-12H3,(H2,87,110)(H,88,124)(H,89,123)(H,90,133)(H,91,134)(H,92,111)(H,93,121)(H,94,120)(H,95,126)(H,96,125)(H,97,127)(H,98,131)(H,99,122)(H,100,129)(H,101,132)(H,102,128)(H,103,130)(H,104,135)(H,112,113)(H,114,115)(H,116,117)(H,118,119)(H,137,138)/t38-,39-,40-,41-,42+,43+,44+,45-,46-,47-,48-,49-,50-,51-,52-,53-,54-,61-,62-,63-,64-,65-/m0/s1. The van der Waals surface area contributed by atoms with Gasteiger partial charge in [-0.3, -0.25) is 110 Å². The Kier molecular flexibility index (Phi) is 55.2. The second-order valence-electron chi connectivity index (χ2n) is 34.3. The molecule has 780 valence electrons. The molecule has 0 aliphatic carbocycles. The lowest BCUT2D eigenvalue weighted by molar-refractivity contribution is -0.145. The summed E-state index contributed by atoms with van der Waals surface area (Å²) in [6.45, 7) is 14.1. The Bertz CT molecular complexity index is 4230. The highest BCUT2D eigenvalue weighted by molar-refractivity contribution is 6.03. The summed E-state index contributed by atoms with van der Waals surface area (Å²) in [6, 6.07) is -30.5. The summed E-state index contributed by atoms with van der Waals surface area (Å²) in [4.78, 5) is 320. The minimum absolute atomic E-state index is 0.0590. The van der Waals surface area contributed by atoms with Crippen LogP contribution >= 0.6 is 0 Å². The van der Waals surface area contributed by atoms with Crippen LogP contribution in [0.25, 0.3) is 0 Å². The molecule has 0 aromatic carbocycles. The summed E-state index contributed by atoms with van der Waals surface area (Å²) in [7, 11) is 0. The monoisotopic (exact) mass is 1970 g/mol. The van der Waals surface area contributed by atoms with Crippen LogP contribution in [0.3, 0.4) is 0 Å². The molecule has 0 bridgehead atoms. The number of aliphatic carboxylic acids is 5. The number of aliphatic hydroxyl groups is 4. The number of hydrogen-bond donors (Lipinski definition) is 30. The van der Waals surface area contributed by atoms with Crippen molar-refractivity contribution in [2.75, 3.05) is 32.8 Å². The zero-order valence-corrected chi connectivity index (χ0v) is 79.2. The summed E-state index contributed by atoms with van der Waals surface area (Å²) < 4.78 is 0. The molecule has 34 N–H and O–H groups in total. The Hall–Kier alpha value is -13.0. The van der Waals surface area contributed by atoms with E-state index in [4.69, 9.17) is 28.0 Å². The Morgan fingerprint density at radius 2 is 0.732 bits per heavy atom. The number of carbonyl (C=O) groups is 24. The molecule has 55 nitrogen and oxygen atoms in total. The van der Waals surface area contributed by atoms with Gasteiger partial charge in [-0.25, -0.2) is 4.79 Å². The van der Waals surface area contributed by atoms with Gasteiger partial charge in [0.05, 0.1) is 50.3 Å². The Morgan fingerprint density at radius 1 is 0.370 bits per heavy atom. The molecule has 55 heteroatoms. The molecule has 0 spiro atoms. The number of hydrogen-bond acceptors (Lipinski definition) is 31. The molecule has 1 aliphatic rings. The molecule has 1 rings (SSSR count). The Morgan fingerprint density at radius 3 is 1.13 bits per heavy atom. The maximum Gasteiger partial charge on any atom is 0.326 e. The molecule has 138 heavy (non-hydrogen) atoms. The largest absolute Gasteiger partial charge is 0.481 e. The van der Waals surface area contributed by atoms with Gasteiger partial charge in [-0.05, 0) is 149 Å². The topological polar surface area (TPSA) is 904 Å². The van der Waals surface area contributed by atoms with E-state index in [0.29, 0.717) is 19.3 Å². The molecular weight excluding hydrogens is 1830 g/mol. The van der Waals surface area contributed by atoms with Crippen LogP contribution in [0, 0.1) is 17.8 Å². The van der Waals surface area contributed by atoms with Gasteiger partial charge in [-0.15, -0.1) is 0 Å². The number of carboxylic acids is 5. The van der Waals surface area contributed by atoms with Gasteiger partial charge in [-0.1, -0.05) is 48.0 Å². The van der Waals surface area contributed by atoms with Gasteiger partial charge in [0.2, 0.25) is 112 Å². The lowest BCUT2D eigenvalue weighted by atomic mass is 9.95. The average Bonchev–Trinajstić information content (AvgIpc) is 1.78. The average molecular weight is 1970 g/mol. The number of unbranched alkanes of at least 4 members (excludes halogenated alkanes) is 2. The van der Waals surface area contributed by atoms with E-state index in [9.17, 15) is 156 Å². The van der Waals surface area contributed by atoms with E-state index in [0.717, 1.165) is 46.4 Å². The van der Waals surface area contributed by atoms with Crippen LogP contribution in [0.2, 0.25) is 0 Å². The van der Waals surface area contributed by atoms with Crippen molar-refractivity contribution in [3.05, 3.63) is 0 Å². The number of amides is 19. The molecule has 1 saturated heterocycles. The van der Waals surface area contributed by atoms with E-state index >= 15 is 0 Å². The van der Waals surface area contributed by atoms with Gasteiger partial charge in [0.15, 0.2) is 0 Å². The number of carboxylic acid groups (broad SMARTS) is 5. The highest BCUT2D eigenvalue weighted by atomic mass is 16.4. The summed E-state index contributed by atoms with van der Waals surface area (Å²) >= 11 is 0. The van der Waals surface area contributed by atoms with Crippen LogP contribution in [-0.4, -0.2) is 353 Å². The van der Waals surface area contributed by atoms with Crippen LogP contribution in [0.5, 0.6) is 0 Å². The van der Waals surface area contributed by atoms with Gasteiger partial charge in [0.1, 0.15) is 103 Å². The molecular formula is C83H140N22O33. The normalized spacial score (nSPS) is 16.9. The number of carbonyl (C=O) groups excluding carboxylic acids is 19. The van der Waals surface area contributed by atoms with Crippen molar-refractivity contribution in [1.82, 2.24) is 95.3 Å². The van der Waals surface area contributed by atoms with Crippen molar-refractivity contribution in [1.29, 1.82) is 0 Å². The van der Waals surface area contributed by atoms with E-state index in [1.807, 2.05) is 0 Å². The smallest absolute Gasteiger partial charge is 0.326 e. The van der Waals surface area contributed by atoms with Gasteiger partial charge >= 0.3 is 29.8 Å². The first kappa shape index (κ1) is 123. The SMILES string of the molecule is CC[C@H](C)[C@H](NC(=O)[C@@H](NC(=O)[C@H](CC(C)C)NC(=O)CNC(=O)[C@H](CO)NC(=O)[C@H](C)NC(=O)[C@@H](NC(=O)[C@@H](NC(=O)[C@H](CCC(N)=O)NC(=O)[C@H](CCC(=O)O)NC(=O)[C@H](C)NC(=O)[C@@H](N)CC(=O)O)[C@@H](C)O)[C@@H](C)O)C(C)C)C(=O)N1CCC[C@H]1C(=O)N[C@@H](CC(=O)O)C(=O)N[C@H](C(=O)N[C@@H](C)C(=O)N[C@@H](CCCCN)C(=O)N[C@@H](CCC(=O)O)C(=O)N[C@@H](CCCCN)C(=O)O)[C@@H](C)O. The van der Waals surface area contributed by atoms with Crippen molar-refractivity contribution in [3.8, 4) is 0 Å². The van der Waals surface area contributed by atoms with Gasteiger partial charge in [0, 0.05) is 25.8 Å². The fourth-order valence-corrected chi connectivity index (χ4v) is 13.5. The Labute approximate surface area is 794 Å². The molecule has 1 heterocycles. The third-order valence-electron chi connectivity index (χ3n) is 21.7. The van der Waals surface area contributed by atoms with Gasteiger partial charge < -0.3 is 164 Å². The predicted molar refractivity (Wildman–Crippen MR) is 480 cm³/mol. The van der Waals surface area contributed by atoms with Crippen molar-refractivity contribution in [2.24, 2.45) is 40.7 Å². The molecule has 0 unspecified atom stereocenters. The van der Waals surface area contributed by atoms with Crippen molar-refractivity contribution in [2.45, 2.75) is 326 Å². The first-order valence-electron chi connectivity index (χ1n) is 45.0. The highest BCUT2D eigenvalue weighted by Gasteiger charge is 2.45. The summed E-state index contributed by atoms with van der Waals surface area (Å²) in [5.41, 5.74) is 22.0. The van der Waals surface area contributed by atoms with Gasteiger partial charge in [0.25, 0.3) is 0 Å². The third kappa shape index (κ3) is 44.4.